The van der Waals surface area contributed by atoms with Crippen molar-refractivity contribution >= 4 is 27.5 Å². The van der Waals surface area contributed by atoms with Crippen molar-refractivity contribution in [3.8, 4) is 5.75 Å². The first-order chi connectivity index (χ1) is 20.7. The maximum atomic E-state index is 14.0. The number of ether oxygens (including phenoxy) is 1. The second kappa shape index (κ2) is 15.6. The number of anilines is 1. The monoisotopic (exact) mass is 605 g/mol. The molecular weight excluding hydrogens is 562 g/mol. The molecule has 9 heteroatoms. The molecule has 0 radical (unpaired) electrons. The molecule has 0 saturated heterocycles. The summed E-state index contributed by atoms with van der Waals surface area (Å²) in [6, 6.07) is 25.7. The van der Waals surface area contributed by atoms with Crippen LogP contribution in [-0.4, -0.2) is 57.1 Å². The highest BCUT2D eigenvalue weighted by atomic mass is 32.2. The first-order valence-electron chi connectivity index (χ1n) is 15.0. The van der Waals surface area contributed by atoms with Crippen molar-refractivity contribution in [1.29, 1.82) is 0 Å². The minimum atomic E-state index is -3.61. The molecule has 1 N–H and O–H groups in total. The fourth-order valence-electron chi connectivity index (χ4n) is 5.65. The third kappa shape index (κ3) is 9.58. The van der Waals surface area contributed by atoms with Crippen LogP contribution in [0, 0.1) is 0 Å². The van der Waals surface area contributed by atoms with Gasteiger partial charge >= 0.3 is 0 Å². The molecule has 1 aliphatic carbocycles. The average molecular weight is 606 g/mol. The first-order valence-corrected chi connectivity index (χ1v) is 16.9. The van der Waals surface area contributed by atoms with Gasteiger partial charge in [-0.1, -0.05) is 86.0 Å². The van der Waals surface area contributed by atoms with E-state index in [-0.39, 0.29) is 43.8 Å². The van der Waals surface area contributed by atoms with Gasteiger partial charge in [0, 0.05) is 38.0 Å². The zero-order valence-corrected chi connectivity index (χ0v) is 26.0. The number of hydrogen-bond donors (Lipinski definition) is 1. The summed E-state index contributed by atoms with van der Waals surface area (Å²) in [6.45, 7) is 0.398. The zero-order valence-electron chi connectivity index (χ0n) is 25.2. The molecule has 1 aliphatic rings. The number of benzene rings is 3. The quantitative estimate of drug-likeness (QED) is 0.268. The summed E-state index contributed by atoms with van der Waals surface area (Å²) in [4.78, 5) is 29.6. The van der Waals surface area contributed by atoms with E-state index in [1.807, 2.05) is 60.7 Å². The molecule has 1 atom stereocenters. The number of nitrogens with one attached hydrogen (secondary N) is 1. The predicted octanol–water partition coefficient (Wildman–Crippen LogP) is 5.33. The maximum absolute atomic E-state index is 14.0. The molecule has 0 aromatic heterocycles. The highest BCUT2D eigenvalue weighted by Crippen LogP contribution is 2.24. The molecule has 230 valence electrons. The Labute approximate surface area is 256 Å². The van der Waals surface area contributed by atoms with Crippen molar-refractivity contribution < 1.29 is 22.7 Å². The Bertz CT molecular complexity index is 1430. The lowest BCUT2D eigenvalue weighted by molar-refractivity contribution is -0.141. The standard InChI is InChI=1S/C34H43N3O5S/c1-42-31-21-12-20-30(25-31)37(43(2,40)41)23-13-22-33(38)36(26-28-16-8-4-9-17-28)32(24-27-14-6-3-7-15-27)34(39)35-29-18-10-5-11-19-29/h3-4,6-9,12,14-17,20-21,25,29,32H,5,10-11,13,18-19,22-24,26H2,1-2H3,(H,35,39)/t32-/m0/s1. The Balaban J connectivity index is 1.57. The second-order valence-corrected chi connectivity index (χ2v) is 13.1. The van der Waals surface area contributed by atoms with Crippen LogP contribution < -0.4 is 14.4 Å². The summed E-state index contributed by atoms with van der Waals surface area (Å²) in [5.41, 5.74) is 2.37. The molecule has 1 fully saturated rings. The molecule has 0 bridgehead atoms. The van der Waals surface area contributed by atoms with Crippen LogP contribution in [0.2, 0.25) is 0 Å². The minimum Gasteiger partial charge on any atom is -0.497 e. The van der Waals surface area contributed by atoms with Gasteiger partial charge in [0.05, 0.1) is 19.1 Å². The summed E-state index contributed by atoms with van der Waals surface area (Å²) >= 11 is 0. The molecule has 0 heterocycles. The van der Waals surface area contributed by atoms with Crippen LogP contribution in [0.5, 0.6) is 5.75 Å². The van der Waals surface area contributed by atoms with E-state index in [0.717, 1.165) is 43.1 Å². The fraction of sp³-hybridized carbons (Fsp3) is 0.412. The smallest absolute Gasteiger partial charge is 0.243 e. The number of amides is 2. The second-order valence-electron chi connectivity index (χ2n) is 11.2. The predicted molar refractivity (Wildman–Crippen MR) is 170 cm³/mol. The highest BCUT2D eigenvalue weighted by molar-refractivity contribution is 7.92. The van der Waals surface area contributed by atoms with E-state index in [2.05, 4.69) is 5.32 Å². The van der Waals surface area contributed by atoms with Gasteiger partial charge in [0.1, 0.15) is 11.8 Å². The van der Waals surface area contributed by atoms with Gasteiger partial charge in [-0.25, -0.2) is 8.42 Å². The first kappa shape index (κ1) is 32.1. The molecule has 3 aromatic rings. The lowest BCUT2D eigenvalue weighted by Crippen LogP contribution is -2.52. The summed E-state index contributed by atoms with van der Waals surface area (Å²) in [5, 5.41) is 3.25. The van der Waals surface area contributed by atoms with E-state index >= 15 is 0 Å². The van der Waals surface area contributed by atoms with Crippen LogP contribution in [0.15, 0.2) is 84.9 Å². The lowest BCUT2D eigenvalue weighted by Gasteiger charge is -2.34. The summed E-state index contributed by atoms with van der Waals surface area (Å²) < 4.78 is 32.0. The van der Waals surface area contributed by atoms with E-state index in [0.29, 0.717) is 17.9 Å². The van der Waals surface area contributed by atoms with E-state index < -0.39 is 16.1 Å². The van der Waals surface area contributed by atoms with Gasteiger partial charge in [-0.3, -0.25) is 13.9 Å². The van der Waals surface area contributed by atoms with Gasteiger partial charge < -0.3 is 15.0 Å². The van der Waals surface area contributed by atoms with Crippen molar-refractivity contribution in [3.05, 3.63) is 96.1 Å². The third-order valence-electron chi connectivity index (χ3n) is 7.91. The number of hydrogen-bond acceptors (Lipinski definition) is 5. The number of sulfonamides is 1. The van der Waals surface area contributed by atoms with Crippen molar-refractivity contribution in [2.24, 2.45) is 0 Å². The third-order valence-corrected chi connectivity index (χ3v) is 9.11. The average Bonchev–Trinajstić information content (AvgIpc) is 3.01. The Morgan fingerprint density at radius 2 is 1.56 bits per heavy atom. The Morgan fingerprint density at radius 1 is 0.907 bits per heavy atom. The van der Waals surface area contributed by atoms with Crippen molar-refractivity contribution in [1.82, 2.24) is 10.2 Å². The Morgan fingerprint density at radius 3 is 2.19 bits per heavy atom. The minimum absolute atomic E-state index is 0.0881. The number of methoxy groups -OCH3 is 1. The molecule has 43 heavy (non-hydrogen) atoms. The van der Waals surface area contributed by atoms with E-state index in [1.54, 1.807) is 29.2 Å². The normalized spacial score (nSPS) is 14.5. The summed E-state index contributed by atoms with van der Waals surface area (Å²) in [5.74, 6) is 0.209. The Kier molecular flexibility index (Phi) is 11.6. The van der Waals surface area contributed by atoms with Crippen LogP contribution >= 0.6 is 0 Å². The number of rotatable bonds is 14. The number of carbonyl (C=O) groups excluding carboxylic acids is 2. The topological polar surface area (TPSA) is 96.0 Å². The largest absolute Gasteiger partial charge is 0.497 e. The molecule has 4 rings (SSSR count). The molecule has 0 spiro atoms. The van der Waals surface area contributed by atoms with Crippen molar-refractivity contribution in [2.45, 2.75) is 70.0 Å². The van der Waals surface area contributed by atoms with E-state index in [4.69, 9.17) is 4.74 Å². The fourth-order valence-corrected chi connectivity index (χ4v) is 6.61. The maximum Gasteiger partial charge on any atom is 0.243 e. The Hall–Kier alpha value is -3.85. The number of carbonyl (C=O) groups is 2. The highest BCUT2D eigenvalue weighted by Gasteiger charge is 2.32. The van der Waals surface area contributed by atoms with Gasteiger partial charge in [-0.2, -0.15) is 0 Å². The van der Waals surface area contributed by atoms with Crippen molar-refractivity contribution in [2.75, 3.05) is 24.2 Å². The number of nitrogens with zero attached hydrogens (tertiary/aromatic N) is 2. The summed E-state index contributed by atoms with van der Waals surface area (Å²) in [6.07, 6.45) is 7.17. The van der Waals surface area contributed by atoms with Gasteiger partial charge in [0.25, 0.3) is 0 Å². The lowest BCUT2D eigenvalue weighted by atomic mass is 9.94. The van der Waals surface area contributed by atoms with Gasteiger partial charge in [-0.05, 0) is 42.5 Å². The molecular formula is C34H43N3O5S. The molecule has 2 amide bonds. The van der Waals surface area contributed by atoms with Gasteiger partial charge in [0.15, 0.2) is 0 Å². The van der Waals surface area contributed by atoms with E-state index in [1.165, 1.54) is 17.8 Å². The zero-order chi connectivity index (χ0) is 30.7. The van der Waals surface area contributed by atoms with Crippen molar-refractivity contribution in [3.63, 3.8) is 0 Å². The van der Waals surface area contributed by atoms with Gasteiger partial charge in [-0.15, -0.1) is 0 Å². The molecule has 0 unspecified atom stereocenters. The van der Waals surface area contributed by atoms with Crippen LogP contribution in [0.25, 0.3) is 0 Å². The van der Waals surface area contributed by atoms with Crippen LogP contribution in [-0.2, 0) is 32.6 Å². The summed E-state index contributed by atoms with van der Waals surface area (Å²) in [7, 11) is -2.08. The van der Waals surface area contributed by atoms with Crippen LogP contribution in [0.4, 0.5) is 5.69 Å². The van der Waals surface area contributed by atoms with Crippen LogP contribution in [0.3, 0.4) is 0 Å². The van der Waals surface area contributed by atoms with Gasteiger partial charge in [0.2, 0.25) is 21.8 Å². The molecule has 8 nitrogen and oxygen atoms in total. The molecule has 0 aliphatic heterocycles. The molecule has 3 aromatic carbocycles. The van der Waals surface area contributed by atoms with E-state index in [9.17, 15) is 18.0 Å². The van der Waals surface area contributed by atoms with Crippen LogP contribution in [0.1, 0.15) is 56.1 Å². The molecule has 1 saturated carbocycles. The SMILES string of the molecule is COc1cccc(N(CCCC(=O)N(Cc2ccccc2)[C@@H](Cc2ccccc2)C(=O)NC2CCCCC2)S(C)(=O)=O)c1.